The summed E-state index contributed by atoms with van der Waals surface area (Å²) in [6.07, 6.45) is 15.2. The number of benzene rings is 2. The number of fused-ring (bicyclic) bond motifs is 5. The molecule has 5 rings (SSSR count). The van der Waals surface area contributed by atoms with Gasteiger partial charge in [-0.3, -0.25) is 0 Å². The molecule has 1 aliphatic carbocycles. The molecule has 29 heavy (non-hydrogen) atoms. The van der Waals surface area contributed by atoms with Gasteiger partial charge in [-0.1, -0.05) is 81.7 Å². The van der Waals surface area contributed by atoms with Gasteiger partial charge in [0.05, 0.1) is 5.39 Å². The van der Waals surface area contributed by atoms with Crippen molar-refractivity contribution in [3.63, 3.8) is 0 Å². The summed E-state index contributed by atoms with van der Waals surface area (Å²) in [6, 6.07) is 17.8. The molecule has 2 aromatic heterocycles. The van der Waals surface area contributed by atoms with Gasteiger partial charge < -0.3 is 4.57 Å². The van der Waals surface area contributed by atoms with Crippen molar-refractivity contribution in [3.8, 4) is 0 Å². The fourth-order valence-corrected chi connectivity index (χ4v) is 5.58. The molecular weight excluding hydrogens is 352 g/mol. The van der Waals surface area contributed by atoms with Crippen LogP contribution in [0.15, 0.2) is 54.7 Å². The minimum atomic E-state index is 1.02. The van der Waals surface area contributed by atoms with Crippen LogP contribution in [0.25, 0.3) is 32.7 Å². The van der Waals surface area contributed by atoms with Crippen molar-refractivity contribution in [1.29, 1.82) is 0 Å². The van der Waals surface area contributed by atoms with Gasteiger partial charge in [-0.15, -0.1) is 0 Å². The third-order valence-corrected chi connectivity index (χ3v) is 7.10. The van der Waals surface area contributed by atoms with E-state index in [1.165, 1.54) is 90.5 Å². The van der Waals surface area contributed by atoms with Crippen LogP contribution in [0, 0.1) is 5.92 Å². The Bertz CT molecular complexity index is 1130. The van der Waals surface area contributed by atoms with Crippen LogP contribution < -0.4 is 4.57 Å². The molecule has 0 unspecified atom stereocenters. The summed E-state index contributed by atoms with van der Waals surface area (Å²) in [5.41, 5.74) is 4.06. The number of rotatable bonds is 6. The Morgan fingerprint density at radius 1 is 0.828 bits per heavy atom. The highest BCUT2D eigenvalue weighted by molar-refractivity contribution is 6.18. The van der Waals surface area contributed by atoms with E-state index in [1.807, 2.05) is 0 Å². The molecule has 0 aliphatic heterocycles. The molecule has 1 saturated carbocycles. The minimum Gasteiger partial charge on any atom is -0.336 e. The maximum atomic E-state index is 2.57. The highest BCUT2D eigenvalue weighted by atomic mass is 15.0. The SMILES string of the molecule is C[n+]1cc2c(c3ccccc3n2CCCCCC2CCCCC2)c2ccccc21. The maximum absolute atomic E-state index is 2.57. The van der Waals surface area contributed by atoms with Gasteiger partial charge >= 0.3 is 0 Å². The summed E-state index contributed by atoms with van der Waals surface area (Å²) in [5, 5.41) is 4.16. The van der Waals surface area contributed by atoms with Gasteiger partial charge in [-0.25, -0.2) is 0 Å². The number of hydrogen-bond acceptors (Lipinski definition) is 0. The summed E-state index contributed by atoms with van der Waals surface area (Å²) in [7, 11) is 2.17. The monoisotopic (exact) mass is 385 g/mol. The van der Waals surface area contributed by atoms with Crippen LogP contribution in [0.4, 0.5) is 0 Å². The lowest BCUT2D eigenvalue weighted by Gasteiger charge is -2.21. The molecule has 1 fully saturated rings. The van der Waals surface area contributed by atoms with Crippen LogP contribution in [0.2, 0.25) is 0 Å². The van der Waals surface area contributed by atoms with Crippen LogP contribution >= 0.6 is 0 Å². The molecule has 0 amide bonds. The van der Waals surface area contributed by atoms with Crippen LogP contribution in [-0.4, -0.2) is 4.57 Å². The van der Waals surface area contributed by atoms with Crippen molar-refractivity contribution in [2.24, 2.45) is 13.0 Å². The third kappa shape index (κ3) is 3.54. The third-order valence-electron chi connectivity index (χ3n) is 7.10. The van der Waals surface area contributed by atoms with Crippen molar-refractivity contribution in [2.45, 2.75) is 64.3 Å². The van der Waals surface area contributed by atoms with Gasteiger partial charge in [0, 0.05) is 28.9 Å². The number of para-hydroxylation sites is 2. The minimum absolute atomic E-state index is 1.02. The van der Waals surface area contributed by atoms with E-state index in [0.717, 1.165) is 12.5 Å². The summed E-state index contributed by atoms with van der Waals surface area (Å²) in [5.74, 6) is 1.02. The number of nitrogens with zero attached hydrogens (tertiary/aromatic N) is 2. The van der Waals surface area contributed by atoms with Gasteiger partial charge in [0.1, 0.15) is 12.6 Å². The molecule has 2 heterocycles. The molecule has 0 bridgehead atoms. The first-order valence-electron chi connectivity index (χ1n) is 11.6. The molecular formula is C27H33N2+. The summed E-state index contributed by atoms with van der Waals surface area (Å²) < 4.78 is 4.85. The molecule has 0 radical (unpaired) electrons. The zero-order valence-electron chi connectivity index (χ0n) is 17.7. The van der Waals surface area contributed by atoms with Crippen LogP contribution in [0.5, 0.6) is 0 Å². The van der Waals surface area contributed by atoms with E-state index >= 15 is 0 Å². The molecule has 150 valence electrons. The average Bonchev–Trinajstić information content (AvgIpc) is 3.08. The summed E-state index contributed by atoms with van der Waals surface area (Å²) >= 11 is 0. The van der Waals surface area contributed by atoms with Crippen molar-refractivity contribution in [2.75, 3.05) is 0 Å². The Morgan fingerprint density at radius 3 is 2.45 bits per heavy atom. The van der Waals surface area contributed by atoms with Gasteiger partial charge in [-0.2, -0.15) is 4.57 Å². The second kappa shape index (κ2) is 8.18. The van der Waals surface area contributed by atoms with Crippen LogP contribution in [-0.2, 0) is 13.6 Å². The lowest BCUT2D eigenvalue weighted by molar-refractivity contribution is -0.643. The first kappa shape index (κ1) is 18.7. The highest BCUT2D eigenvalue weighted by Crippen LogP contribution is 2.33. The van der Waals surface area contributed by atoms with Crippen LogP contribution in [0.1, 0.15) is 57.8 Å². The molecule has 0 spiro atoms. The van der Waals surface area contributed by atoms with Crippen molar-refractivity contribution < 1.29 is 4.57 Å². The van der Waals surface area contributed by atoms with E-state index in [9.17, 15) is 0 Å². The fraction of sp³-hybridized carbons (Fsp3) is 0.444. The normalized spacial score (nSPS) is 15.6. The summed E-state index contributed by atoms with van der Waals surface area (Å²) in [6.45, 7) is 1.12. The molecule has 0 saturated heterocycles. The number of aryl methyl sites for hydroxylation is 2. The zero-order chi connectivity index (χ0) is 19.6. The van der Waals surface area contributed by atoms with Crippen LogP contribution in [0.3, 0.4) is 0 Å². The molecule has 2 nitrogen and oxygen atoms in total. The Kier molecular flexibility index (Phi) is 5.26. The first-order chi connectivity index (χ1) is 14.3. The van der Waals surface area contributed by atoms with Crippen molar-refractivity contribution in [3.05, 3.63) is 54.7 Å². The van der Waals surface area contributed by atoms with E-state index in [-0.39, 0.29) is 0 Å². The maximum Gasteiger partial charge on any atom is 0.213 e. The van der Waals surface area contributed by atoms with E-state index < -0.39 is 0 Å². The Morgan fingerprint density at radius 2 is 1.59 bits per heavy atom. The summed E-state index contributed by atoms with van der Waals surface area (Å²) in [4.78, 5) is 0. The number of pyridine rings is 1. The van der Waals surface area contributed by atoms with E-state index in [4.69, 9.17) is 0 Å². The largest absolute Gasteiger partial charge is 0.336 e. The Hall–Kier alpha value is -2.35. The Labute approximate surface area is 174 Å². The van der Waals surface area contributed by atoms with Gasteiger partial charge in [0.15, 0.2) is 6.20 Å². The van der Waals surface area contributed by atoms with Crippen molar-refractivity contribution >= 4 is 32.7 Å². The standard InChI is InChI=1S/C27H33N2/c1-28-20-26-27(22-15-7-9-17-24(22)28)23-16-8-10-18-25(23)29(26)19-11-3-6-14-21-12-4-2-5-13-21/h7-10,15-18,20-21H,2-6,11-14,19H2,1H3/q+1. The van der Waals surface area contributed by atoms with Gasteiger partial charge in [-0.05, 0) is 24.5 Å². The number of aromatic nitrogens is 2. The fourth-order valence-electron chi connectivity index (χ4n) is 5.58. The van der Waals surface area contributed by atoms with E-state index in [2.05, 4.69) is 70.9 Å². The van der Waals surface area contributed by atoms with Gasteiger partial charge in [0.2, 0.25) is 5.52 Å². The molecule has 2 heteroatoms. The lowest BCUT2D eigenvalue weighted by atomic mass is 9.85. The highest BCUT2D eigenvalue weighted by Gasteiger charge is 2.18. The molecule has 1 aliphatic rings. The predicted octanol–water partition coefficient (Wildman–Crippen LogP) is 6.91. The van der Waals surface area contributed by atoms with E-state index in [1.54, 1.807) is 0 Å². The van der Waals surface area contributed by atoms with Crippen molar-refractivity contribution in [1.82, 2.24) is 4.57 Å². The lowest BCUT2D eigenvalue weighted by Crippen LogP contribution is -2.28. The molecule has 0 atom stereocenters. The average molecular weight is 386 g/mol. The molecule has 4 aromatic rings. The molecule has 2 aromatic carbocycles. The predicted molar refractivity (Wildman–Crippen MR) is 123 cm³/mol. The van der Waals surface area contributed by atoms with Gasteiger partial charge in [0.25, 0.3) is 0 Å². The second-order valence-corrected chi connectivity index (χ2v) is 9.04. The number of unbranched alkanes of at least 4 members (excludes halogenated alkanes) is 2. The number of hydrogen-bond donors (Lipinski definition) is 0. The first-order valence-corrected chi connectivity index (χ1v) is 11.6. The molecule has 0 N–H and O–H groups in total. The Balaban J connectivity index is 1.42. The topological polar surface area (TPSA) is 8.81 Å². The van der Waals surface area contributed by atoms with E-state index in [0.29, 0.717) is 0 Å². The smallest absolute Gasteiger partial charge is 0.213 e. The zero-order valence-corrected chi connectivity index (χ0v) is 17.7. The second-order valence-electron chi connectivity index (χ2n) is 9.04. The quantitative estimate of drug-likeness (QED) is 0.252.